The highest BCUT2D eigenvalue weighted by atomic mass is 35.5. The normalized spacial score (nSPS) is 17.1. The maximum Gasteiger partial charge on any atom is 0.264 e. The van der Waals surface area contributed by atoms with Crippen molar-refractivity contribution in [1.82, 2.24) is 20.0 Å². The number of thiophene rings is 1. The number of aryl methyl sites for hydroxylation is 1. The van der Waals surface area contributed by atoms with Gasteiger partial charge in [0.15, 0.2) is 0 Å². The number of carbonyl (C=O) groups is 1. The number of hydrogen-bond acceptors (Lipinski definition) is 4. The SMILES string of the molecule is CNC1CCCN(C(=O)c2cc3c(C)nn(Cc4ccccc4)c3s2)C1.Cl. The van der Waals surface area contributed by atoms with Crippen molar-refractivity contribution in [3.05, 3.63) is 52.5 Å². The van der Waals surface area contributed by atoms with Gasteiger partial charge in [-0.3, -0.25) is 9.48 Å². The molecule has 1 aliphatic heterocycles. The molecular weight excluding hydrogens is 380 g/mol. The molecule has 1 aliphatic rings. The summed E-state index contributed by atoms with van der Waals surface area (Å²) in [5, 5.41) is 9.07. The second-order valence-electron chi connectivity index (χ2n) is 6.94. The first kappa shape index (κ1) is 19.9. The van der Waals surface area contributed by atoms with E-state index in [4.69, 9.17) is 0 Å². The fourth-order valence-corrected chi connectivity index (χ4v) is 4.76. The average Bonchev–Trinajstić information content (AvgIpc) is 3.23. The van der Waals surface area contributed by atoms with Crippen LogP contribution in [-0.2, 0) is 6.54 Å². The molecule has 5 nitrogen and oxygen atoms in total. The highest BCUT2D eigenvalue weighted by molar-refractivity contribution is 7.20. The van der Waals surface area contributed by atoms with Crippen LogP contribution in [0.15, 0.2) is 36.4 Å². The summed E-state index contributed by atoms with van der Waals surface area (Å²) >= 11 is 1.56. The molecule has 1 N–H and O–H groups in total. The lowest BCUT2D eigenvalue weighted by Crippen LogP contribution is -2.46. The molecule has 1 saturated heterocycles. The third kappa shape index (κ3) is 4.03. The summed E-state index contributed by atoms with van der Waals surface area (Å²) in [5.41, 5.74) is 2.20. The van der Waals surface area contributed by atoms with Gasteiger partial charge >= 0.3 is 0 Å². The lowest BCUT2D eigenvalue weighted by molar-refractivity contribution is 0.0703. The highest BCUT2D eigenvalue weighted by Crippen LogP contribution is 2.30. The third-order valence-electron chi connectivity index (χ3n) is 5.11. The Hall–Kier alpha value is -1.89. The Morgan fingerprint density at radius 3 is 2.85 bits per heavy atom. The second-order valence-corrected chi connectivity index (χ2v) is 7.97. The summed E-state index contributed by atoms with van der Waals surface area (Å²) in [5.74, 6) is 0.150. The van der Waals surface area contributed by atoms with Crippen LogP contribution < -0.4 is 5.32 Å². The molecule has 1 unspecified atom stereocenters. The number of rotatable bonds is 4. The zero-order valence-corrected chi connectivity index (χ0v) is 17.3. The molecule has 3 aromatic rings. The lowest BCUT2D eigenvalue weighted by Gasteiger charge is -2.32. The third-order valence-corrected chi connectivity index (χ3v) is 6.25. The highest BCUT2D eigenvalue weighted by Gasteiger charge is 2.25. The van der Waals surface area contributed by atoms with Crippen LogP contribution in [0.5, 0.6) is 0 Å². The number of nitrogens with zero attached hydrogens (tertiary/aromatic N) is 3. The summed E-state index contributed by atoms with van der Waals surface area (Å²) in [4.78, 5) is 16.9. The van der Waals surface area contributed by atoms with Crippen LogP contribution in [-0.4, -0.2) is 46.8 Å². The summed E-state index contributed by atoms with van der Waals surface area (Å²) in [6.07, 6.45) is 2.20. The van der Waals surface area contributed by atoms with E-state index in [1.54, 1.807) is 11.3 Å². The number of amides is 1. The van der Waals surface area contributed by atoms with E-state index in [1.807, 2.05) is 47.8 Å². The maximum absolute atomic E-state index is 13.0. The van der Waals surface area contributed by atoms with E-state index in [9.17, 15) is 4.79 Å². The van der Waals surface area contributed by atoms with Crippen LogP contribution in [0, 0.1) is 6.92 Å². The van der Waals surface area contributed by atoms with Crippen molar-refractivity contribution in [2.75, 3.05) is 20.1 Å². The summed E-state index contributed by atoms with van der Waals surface area (Å²) in [6.45, 7) is 4.38. The Kier molecular flexibility index (Phi) is 6.19. The summed E-state index contributed by atoms with van der Waals surface area (Å²) in [6, 6.07) is 12.7. The summed E-state index contributed by atoms with van der Waals surface area (Å²) < 4.78 is 2.02. The van der Waals surface area contributed by atoms with Gasteiger partial charge in [0.1, 0.15) is 4.83 Å². The number of piperidine rings is 1. The average molecular weight is 405 g/mol. The molecule has 1 atom stereocenters. The number of benzene rings is 1. The Labute approximate surface area is 169 Å². The standard InChI is InChI=1S/C20H24N4OS.ClH/c1-14-17-11-18(19(25)23-10-6-9-16(13-23)21-2)26-20(17)24(22-14)12-15-7-4-3-5-8-15;/h3-5,7-8,11,16,21H,6,9-10,12-13H2,1-2H3;1H. The van der Waals surface area contributed by atoms with E-state index in [1.165, 1.54) is 5.56 Å². The fraction of sp³-hybridized carbons (Fsp3) is 0.400. The number of halogens is 1. The molecule has 0 bridgehead atoms. The van der Waals surface area contributed by atoms with Gasteiger partial charge < -0.3 is 10.2 Å². The first-order chi connectivity index (χ1) is 12.7. The van der Waals surface area contributed by atoms with E-state index in [-0.39, 0.29) is 18.3 Å². The van der Waals surface area contributed by atoms with E-state index in [0.29, 0.717) is 6.04 Å². The Morgan fingerprint density at radius 2 is 2.11 bits per heavy atom. The Bertz CT molecular complexity index is 921. The molecule has 144 valence electrons. The van der Waals surface area contributed by atoms with E-state index >= 15 is 0 Å². The van der Waals surface area contributed by atoms with Gasteiger partial charge in [0.05, 0.1) is 17.1 Å². The van der Waals surface area contributed by atoms with Gasteiger partial charge in [0, 0.05) is 24.5 Å². The van der Waals surface area contributed by atoms with E-state index in [0.717, 1.165) is 53.3 Å². The molecule has 2 aromatic heterocycles. The smallest absolute Gasteiger partial charge is 0.264 e. The van der Waals surface area contributed by atoms with Crippen molar-refractivity contribution >= 4 is 39.9 Å². The van der Waals surface area contributed by atoms with E-state index < -0.39 is 0 Å². The first-order valence-corrected chi connectivity index (χ1v) is 9.95. The molecule has 7 heteroatoms. The quantitative estimate of drug-likeness (QED) is 0.721. The van der Waals surface area contributed by atoms with Gasteiger partial charge in [-0.05, 0) is 38.4 Å². The molecule has 27 heavy (non-hydrogen) atoms. The van der Waals surface area contributed by atoms with Crippen LogP contribution in [0.2, 0.25) is 0 Å². The Balaban J connectivity index is 0.00000210. The molecule has 1 fully saturated rings. The second kappa shape index (κ2) is 8.42. The van der Waals surface area contributed by atoms with Gasteiger partial charge in [0.2, 0.25) is 0 Å². The molecule has 3 heterocycles. The van der Waals surface area contributed by atoms with Gasteiger partial charge in [-0.1, -0.05) is 30.3 Å². The zero-order valence-electron chi connectivity index (χ0n) is 15.6. The number of hydrogen-bond donors (Lipinski definition) is 1. The monoisotopic (exact) mass is 404 g/mol. The van der Waals surface area contributed by atoms with Gasteiger partial charge in [-0.25, -0.2) is 0 Å². The van der Waals surface area contributed by atoms with Crippen molar-refractivity contribution < 1.29 is 4.79 Å². The molecule has 1 aromatic carbocycles. The number of fused-ring (bicyclic) bond motifs is 1. The van der Waals surface area contributed by atoms with Crippen LogP contribution in [0.1, 0.15) is 33.8 Å². The minimum Gasteiger partial charge on any atom is -0.336 e. The molecule has 1 amide bonds. The Morgan fingerprint density at radius 1 is 1.33 bits per heavy atom. The van der Waals surface area contributed by atoms with Crippen LogP contribution >= 0.6 is 23.7 Å². The number of aromatic nitrogens is 2. The van der Waals surface area contributed by atoms with Gasteiger partial charge in [-0.15, -0.1) is 23.7 Å². The van der Waals surface area contributed by atoms with Gasteiger partial charge in [-0.2, -0.15) is 5.10 Å². The first-order valence-electron chi connectivity index (χ1n) is 9.13. The fourth-order valence-electron chi connectivity index (χ4n) is 3.63. The largest absolute Gasteiger partial charge is 0.336 e. The predicted octanol–water partition coefficient (Wildman–Crippen LogP) is 3.70. The van der Waals surface area contributed by atoms with Crippen LogP contribution in [0.3, 0.4) is 0 Å². The number of likely N-dealkylation sites (tertiary alicyclic amines) is 1. The molecule has 0 spiro atoms. The molecule has 0 saturated carbocycles. The van der Waals surface area contributed by atoms with Crippen LogP contribution in [0.25, 0.3) is 10.2 Å². The van der Waals surface area contributed by atoms with Crippen LogP contribution in [0.4, 0.5) is 0 Å². The molecule has 0 aliphatic carbocycles. The van der Waals surface area contributed by atoms with Crippen molar-refractivity contribution in [2.24, 2.45) is 0 Å². The predicted molar refractivity (Wildman–Crippen MR) is 113 cm³/mol. The van der Waals surface area contributed by atoms with E-state index in [2.05, 4.69) is 22.5 Å². The minimum atomic E-state index is 0. The summed E-state index contributed by atoms with van der Waals surface area (Å²) in [7, 11) is 1.97. The van der Waals surface area contributed by atoms with Crippen molar-refractivity contribution in [2.45, 2.75) is 32.4 Å². The topological polar surface area (TPSA) is 50.2 Å². The number of likely N-dealkylation sites (N-methyl/N-ethyl adjacent to an activating group) is 1. The minimum absolute atomic E-state index is 0. The van der Waals surface area contributed by atoms with Crippen molar-refractivity contribution in [1.29, 1.82) is 0 Å². The number of nitrogens with one attached hydrogen (secondary N) is 1. The number of carbonyl (C=O) groups excluding carboxylic acids is 1. The van der Waals surface area contributed by atoms with Gasteiger partial charge in [0.25, 0.3) is 5.91 Å². The zero-order chi connectivity index (χ0) is 18.1. The lowest BCUT2D eigenvalue weighted by atomic mass is 10.1. The molecule has 0 radical (unpaired) electrons. The molecule has 4 rings (SSSR count). The van der Waals surface area contributed by atoms with Crippen molar-refractivity contribution in [3.63, 3.8) is 0 Å². The molecular formula is C20H25ClN4OS. The maximum atomic E-state index is 13.0. The van der Waals surface area contributed by atoms with Crippen molar-refractivity contribution in [3.8, 4) is 0 Å².